The van der Waals surface area contributed by atoms with Gasteiger partial charge in [0.05, 0.1) is 25.2 Å². The second-order valence-electron chi connectivity index (χ2n) is 4.61. The van der Waals surface area contributed by atoms with E-state index in [1.165, 1.54) is 20.3 Å². The van der Waals surface area contributed by atoms with Gasteiger partial charge in [0.1, 0.15) is 5.69 Å². The third kappa shape index (κ3) is 3.01. The number of nitro benzene ring substituents is 1. The van der Waals surface area contributed by atoms with E-state index in [0.29, 0.717) is 17.2 Å². The molecule has 1 aromatic rings. The van der Waals surface area contributed by atoms with E-state index in [1.807, 2.05) is 0 Å². The second kappa shape index (κ2) is 6.27. The van der Waals surface area contributed by atoms with Crippen molar-refractivity contribution in [2.24, 2.45) is 0 Å². The summed E-state index contributed by atoms with van der Waals surface area (Å²) in [6, 6.07) is 3.21. The molecule has 1 aliphatic carbocycles. The summed E-state index contributed by atoms with van der Waals surface area (Å²) in [5.74, 6) is 0.834. The minimum absolute atomic E-state index is 0.00259. The number of ether oxygens (including phenoxy) is 2. The van der Waals surface area contributed by atoms with Crippen LogP contribution in [-0.2, 0) is 0 Å². The summed E-state index contributed by atoms with van der Waals surface area (Å²) < 4.78 is 10.3. The number of rotatable bonds is 5. The van der Waals surface area contributed by atoms with Gasteiger partial charge in [0.2, 0.25) is 0 Å². The Morgan fingerprint density at radius 1 is 1.25 bits per heavy atom. The normalized spacial score (nSPS) is 17.6. The van der Waals surface area contributed by atoms with Gasteiger partial charge in [-0.1, -0.05) is 12.2 Å². The number of allylic oxidation sites excluding steroid dienone is 1. The third-order valence-corrected chi connectivity index (χ3v) is 3.33. The van der Waals surface area contributed by atoms with Crippen LogP contribution in [0, 0.1) is 10.1 Å². The topological polar surface area (TPSA) is 73.6 Å². The lowest BCUT2D eigenvalue weighted by atomic mass is 10.0. The van der Waals surface area contributed by atoms with Crippen LogP contribution in [0.5, 0.6) is 11.5 Å². The van der Waals surface area contributed by atoms with E-state index >= 15 is 0 Å². The van der Waals surface area contributed by atoms with Crippen LogP contribution in [0.15, 0.2) is 24.3 Å². The van der Waals surface area contributed by atoms with Crippen molar-refractivity contribution in [1.82, 2.24) is 0 Å². The molecule has 0 bridgehead atoms. The van der Waals surface area contributed by atoms with Crippen LogP contribution >= 0.6 is 0 Å². The average Bonchev–Trinajstić information content (AvgIpc) is 2.47. The van der Waals surface area contributed by atoms with Crippen LogP contribution in [0.25, 0.3) is 0 Å². The Labute approximate surface area is 117 Å². The SMILES string of the molecule is COc1cc(NC2CC=CCC2)c([N+](=O)[O-])cc1OC. The highest BCUT2D eigenvalue weighted by molar-refractivity contribution is 5.68. The summed E-state index contributed by atoms with van der Waals surface area (Å²) in [6.07, 6.45) is 7.03. The summed E-state index contributed by atoms with van der Waals surface area (Å²) >= 11 is 0. The molecule has 0 aliphatic heterocycles. The highest BCUT2D eigenvalue weighted by Gasteiger charge is 2.21. The molecule has 0 saturated carbocycles. The van der Waals surface area contributed by atoms with Gasteiger partial charge >= 0.3 is 0 Å². The lowest BCUT2D eigenvalue weighted by molar-refractivity contribution is -0.384. The van der Waals surface area contributed by atoms with Gasteiger partial charge in [-0.25, -0.2) is 0 Å². The molecule has 108 valence electrons. The number of nitrogens with one attached hydrogen (secondary N) is 1. The van der Waals surface area contributed by atoms with Crippen molar-refractivity contribution >= 4 is 11.4 Å². The number of hydrogen-bond acceptors (Lipinski definition) is 5. The number of nitro groups is 1. The Balaban J connectivity index is 2.33. The van der Waals surface area contributed by atoms with Gasteiger partial charge in [-0.05, 0) is 19.3 Å². The van der Waals surface area contributed by atoms with Gasteiger partial charge in [0, 0.05) is 12.1 Å². The standard InChI is InChI=1S/C14H18N2O4/c1-19-13-8-11(15-10-6-4-3-5-7-10)12(16(17)18)9-14(13)20-2/h3-4,8-10,15H,5-7H2,1-2H3. The molecule has 6 heteroatoms. The first-order valence-electron chi connectivity index (χ1n) is 6.47. The van der Waals surface area contributed by atoms with Crippen molar-refractivity contribution in [2.45, 2.75) is 25.3 Å². The van der Waals surface area contributed by atoms with Crippen molar-refractivity contribution in [3.05, 3.63) is 34.4 Å². The molecule has 0 spiro atoms. The van der Waals surface area contributed by atoms with Crippen LogP contribution in [0.4, 0.5) is 11.4 Å². The minimum atomic E-state index is -0.414. The Hall–Kier alpha value is -2.24. The molecular weight excluding hydrogens is 260 g/mol. The third-order valence-electron chi connectivity index (χ3n) is 3.33. The number of methoxy groups -OCH3 is 2. The fourth-order valence-electron chi connectivity index (χ4n) is 2.28. The average molecular weight is 278 g/mol. The zero-order chi connectivity index (χ0) is 14.5. The lowest BCUT2D eigenvalue weighted by Gasteiger charge is -2.21. The van der Waals surface area contributed by atoms with Gasteiger partial charge in [-0.3, -0.25) is 10.1 Å². The van der Waals surface area contributed by atoms with Crippen LogP contribution in [0.3, 0.4) is 0 Å². The molecule has 1 N–H and O–H groups in total. The summed E-state index contributed by atoms with van der Waals surface area (Å²) in [5, 5.41) is 14.4. The van der Waals surface area contributed by atoms with Gasteiger partial charge in [0.25, 0.3) is 5.69 Å². The van der Waals surface area contributed by atoms with Crippen molar-refractivity contribution in [1.29, 1.82) is 0 Å². The Bertz CT molecular complexity index is 528. The van der Waals surface area contributed by atoms with E-state index in [0.717, 1.165) is 19.3 Å². The zero-order valence-electron chi connectivity index (χ0n) is 11.6. The number of benzene rings is 1. The first-order chi connectivity index (χ1) is 9.65. The number of nitrogens with zero attached hydrogens (tertiary/aromatic N) is 1. The van der Waals surface area contributed by atoms with Crippen molar-refractivity contribution in [3.63, 3.8) is 0 Å². The van der Waals surface area contributed by atoms with E-state index in [9.17, 15) is 10.1 Å². The Kier molecular flexibility index (Phi) is 4.45. The maximum absolute atomic E-state index is 11.2. The molecule has 0 aromatic heterocycles. The van der Waals surface area contributed by atoms with Crippen molar-refractivity contribution in [2.75, 3.05) is 19.5 Å². The molecule has 1 unspecified atom stereocenters. The first kappa shape index (κ1) is 14.2. The highest BCUT2D eigenvalue weighted by atomic mass is 16.6. The summed E-state index contributed by atoms with van der Waals surface area (Å²) in [4.78, 5) is 10.8. The molecule has 1 aliphatic rings. The molecular formula is C14H18N2O4. The molecule has 0 saturated heterocycles. The van der Waals surface area contributed by atoms with Crippen molar-refractivity contribution in [3.8, 4) is 11.5 Å². The predicted molar refractivity (Wildman–Crippen MR) is 76.6 cm³/mol. The largest absolute Gasteiger partial charge is 0.493 e. The fourth-order valence-corrected chi connectivity index (χ4v) is 2.28. The first-order valence-corrected chi connectivity index (χ1v) is 6.47. The van der Waals surface area contributed by atoms with Crippen LogP contribution in [0.1, 0.15) is 19.3 Å². The predicted octanol–water partition coefficient (Wildman–Crippen LogP) is 3.13. The lowest BCUT2D eigenvalue weighted by Crippen LogP contribution is -2.21. The maximum atomic E-state index is 11.2. The number of hydrogen-bond donors (Lipinski definition) is 1. The van der Waals surface area contributed by atoms with Gasteiger partial charge in [0.15, 0.2) is 11.5 Å². The quantitative estimate of drug-likeness (QED) is 0.509. The van der Waals surface area contributed by atoms with E-state index < -0.39 is 4.92 Å². The molecule has 0 radical (unpaired) electrons. The second-order valence-corrected chi connectivity index (χ2v) is 4.61. The monoisotopic (exact) mass is 278 g/mol. The fraction of sp³-hybridized carbons (Fsp3) is 0.429. The Morgan fingerprint density at radius 2 is 1.95 bits per heavy atom. The van der Waals surface area contributed by atoms with Gasteiger partial charge < -0.3 is 14.8 Å². The van der Waals surface area contributed by atoms with E-state index in [2.05, 4.69) is 17.5 Å². The van der Waals surface area contributed by atoms with Gasteiger partial charge in [-0.2, -0.15) is 0 Å². The van der Waals surface area contributed by atoms with E-state index in [4.69, 9.17) is 9.47 Å². The maximum Gasteiger partial charge on any atom is 0.296 e. The van der Waals surface area contributed by atoms with Crippen LogP contribution in [0.2, 0.25) is 0 Å². The Morgan fingerprint density at radius 3 is 2.50 bits per heavy atom. The minimum Gasteiger partial charge on any atom is -0.493 e. The molecule has 0 fully saturated rings. The molecule has 0 heterocycles. The summed E-state index contributed by atoms with van der Waals surface area (Å²) in [5.41, 5.74) is 0.463. The zero-order valence-corrected chi connectivity index (χ0v) is 11.6. The summed E-state index contributed by atoms with van der Waals surface area (Å²) in [6.45, 7) is 0. The van der Waals surface area contributed by atoms with Gasteiger partial charge in [-0.15, -0.1) is 0 Å². The van der Waals surface area contributed by atoms with Crippen LogP contribution < -0.4 is 14.8 Å². The number of anilines is 1. The molecule has 1 aromatic carbocycles. The molecule has 2 rings (SSSR count). The molecule has 20 heavy (non-hydrogen) atoms. The van der Waals surface area contributed by atoms with Crippen LogP contribution in [-0.4, -0.2) is 25.2 Å². The molecule has 1 atom stereocenters. The van der Waals surface area contributed by atoms with Crippen molar-refractivity contribution < 1.29 is 14.4 Å². The smallest absolute Gasteiger partial charge is 0.296 e. The molecule has 6 nitrogen and oxygen atoms in total. The summed E-state index contributed by atoms with van der Waals surface area (Å²) in [7, 11) is 2.97. The highest BCUT2D eigenvalue weighted by Crippen LogP contribution is 2.38. The van der Waals surface area contributed by atoms with E-state index in [-0.39, 0.29) is 11.7 Å². The molecule has 0 amide bonds. The van der Waals surface area contributed by atoms with E-state index in [1.54, 1.807) is 6.07 Å².